The molecule has 1 unspecified atom stereocenters. The van der Waals surface area contributed by atoms with Crippen molar-refractivity contribution < 1.29 is 14.3 Å². The number of ether oxygens (including phenoxy) is 2. The maximum atomic E-state index is 13.9. The van der Waals surface area contributed by atoms with Crippen LogP contribution in [0.4, 0.5) is 5.69 Å². The summed E-state index contributed by atoms with van der Waals surface area (Å²) in [6.07, 6.45) is 5.82. The quantitative estimate of drug-likeness (QED) is 0.347. The molecule has 0 saturated carbocycles. The molecule has 4 rings (SSSR count). The van der Waals surface area contributed by atoms with Crippen LogP contribution in [-0.4, -0.2) is 24.3 Å². The van der Waals surface area contributed by atoms with Gasteiger partial charge in [-0.15, -0.1) is 0 Å². The van der Waals surface area contributed by atoms with E-state index in [0.717, 1.165) is 17.1 Å². The van der Waals surface area contributed by atoms with Crippen LogP contribution in [0.1, 0.15) is 51.8 Å². The molecule has 1 aromatic heterocycles. The number of rotatable bonds is 8. The Kier molecular flexibility index (Phi) is 8.90. The predicted octanol–water partition coefficient (Wildman–Crippen LogP) is 5.40. The normalized spacial score (nSPS) is 16.0. The summed E-state index contributed by atoms with van der Waals surface area (Å²) < 4.78 is 13.1. The van der Waals surface area contributed by atoms with E-state index in [0.29, 0.717) is 31.9 Å². The second-order valence-electron chi connectivity index (χ2n) is 9.48. The number of anilines is 1. The molecule has 2 heterocycles. The standard InChI is InChI=1S/C32H35N3O4S/c1-8-21(4)34(24-17-14-20(3)15-18-24)22(5)16-19-27-30(36)35-29(25-12-10-11-13-26(25)38-7)28(31(37)39-9-2)23(6)33-32(35)40-27/h8,10-19,29H,9H2,1-7H3/b21-8-,22-16+,27-19-. The van der Waals surface area contributed by atoms with Crippen molar-refractivity contribution in [1.29, 1.82) is 0 Å². The third kappa shape index (κ3) is 5.58. The Morgan fingerprint density at radius 1 is 1.10 bits per heavy atom. The van der Waals surface area contributed by atoms with E-state index in [1.807, 2.05) is 50.3 Å². The van der Waals surface area contributed by atoms with Crippen LogP contribution in [-0.2, 0) is 9.53 Å². The zero-order chi connectivity index (χ0) is 29.0. The SMILES string of the molecule is C/C=C(/C)N(/C(C)=C/C=c1\sc2n(c1=O)C(c1ccccc1OC)C(C(=O)OCC)=C(C)N=2)c1ccc(C)cc1. The Hall–Kier alpha value is -4.17. The highest BCUT2D eigenvalue weighted by Crippen LogP contribution is 2.35. The molecule has 0 aliphatic carbocycles. The number of thiazole rings is 1. The molecule has 1 aliphatic rings. The topological polar surface area (TPSA) is 73.1 Å². The van der Waals surface area contributed by atoms with Crippen molar-refractivity contribution in [1.82, 2.24) is 4.57 Å². The van der Waals surface area contributed by atoms with E-state index in [4.69, 9.17) is 9.47 Å². The molecule has 1 aliphatic heterocycles. The smallest absolute Gasteiger partial charge is 0.338 e. The summed E-state index contributed by atoms with van der Waals surface area (Å²) in [5.74, 6) is 0.0742. The summed E-state index contributed by atoms with van der Waals surface area (Å²) in [6, 6.07) is 15.0. The Balaban J connectivity index is 1.89. The van der Waals surface area contributed by atoms with Gasteiger partial charge in [-0.2, -0.15) is 0 Å². The Morgan fingerprint density at radius 2 is 1.80 bits per heavy atom. The van der Waals surface area contributed by atoms with E-state index >= 15 is 0 Å². The molecule has 2 aromatic carbocycles. The summed E-state index contributed by atoms with van der Waals surface area (Å²) >= 11 is 1.29. The van der Waals surface area contributed by atoms with Gasteiger partial charge in [0, 0.05) is 22.6 Å². The van der Waals surface area contributed by atoms with Crippen molar-refractivity contribution in [2.75, 3.05) is 18.6 Å². The van der Waals surface area contributed by atoms with Gasteiger partial charge in [0.2, 0.25) is 0 Å². The number of esters is 1. The number of aryl methyl sites for hydroxylation is 1. The number of benzene rings is 2. The molecule has 0 N–H and O–H groups in total. The summed E-state index contributed by atoms with van der Waals surface area (Å²) in [4.78, 5) is 34.4. The molecule has 1 atom stereocenters. The molecule has 208 valence electrons. The van der Waals surface area contributed by atoms with Gasteiger partial charge in [0.25, 0.3) is 5.56 Å². The lowest BCUT2D eigenvalue weighted by atomic mass is 9.95. The highest BCUT2D eigenvalue weighted by Gasteiger charge is 2.34. The third-order valence-electron chi connectivity index (χ3n) is 6.84. The lowest BCUT2D eigenvalue weighted by Crippen LogP contribution is -2.40. The molecule has 40 heavy (non-hydrogen) atoms. The Bertz CT molecular complexity index is 1690. The molecule has 0 radical (unpaired) electrons. The second-order valence-corrected chi connectivity index (χ2v) is 10.5. The average Bonchev–Trinajstić information content (AvgIpc) is 3.26. The largest absolute Gasteiger partial charge is 0.496 e. The van der Waals surface area contributed by atoms with E-state index in [9.17, 15) is 9.59 Å². The lowest BCUT2D eigenvalue weighted by molar-refractivity contribution is -0.139. The first-order chi connectivity index (χ1) is 19.2. The van der Waals surface area contributed by atoms with Gasteiger partial charge >= 0.3 is 5.97 Å². The van der Waals surface area contributed by atoms with Crippen LogP contribution >= 0.6 is 11.3 Å². The molecule has 0 saturated heterocycles. The first-order valence-corrected chi connectivity index (χ1v) is 14.0. The fourth-order valence-corrected chi connectivity index (χ4v) is 5.76. The van der Waals surface area contributed by atoms with Crippen LogP contribution in [0, 0.1) is 6.92 Å². The summed E-state index contributed by atoms with van der Waals surface area (Å²) in [6.45, 7) is 11.9. The van der Waals surface area contributed by atoms with Crippen molar-refractivity contribution >= 4 is 29.1 Å². The van der Waals surface area contributed by atoms with Gasteiger partial charge in [0.1, 0.15) is 11.8 Å². The van der Waals surface area contributed by atoms with Crippen molar-refractivity contribution in [3.05, 3.63) is 114 Å². The van der Waals surface area contributed by atoms with Gasteiger partial charge in [-0.3, -0.25) is 9.36 Å². The number of carbonyl (C=O) groups is 1. The minimum absolute atomic E-state index is 0.214. The fraction of sp³-hybridized carbons (Fsp3) is 0.281. The monoisotopic (exact) mass is 557 g/mol. The van der Waals surface area contributed by atoms with Crippen LogP contribution < -0.4 is 24.5 Å². The van der Waals surface area contributed by atoms with Crippen LogP contribution in [0.15, 0.2) is 93.1 Å². The molecule has 7 nitrogen and oxygen atoms in total. The number of para-hydroxylation sites is 1. The summed E-state index contributed by atoms with van der Waals surface area (Å²) in [5.41, 5.74) is 5.55. The number of fused-ring (bicyclic) bond motifs is 1. The van der Waals surface area contributed by atoms with E-state index in [-0.39, 0.29) is 12.2 Å². The number of hydrogen-bond acceptors (Lipinski definition) is 7. The number of nitrogens with zero attached hydrogens (tertiary/aromatic N) is 3. The van der Waals surface area contributed by atoms with Crippen molar-refractivity contribution in [3.8, 4) is 5.75 Å². The van der Waals surface area contributed by atoms with E-state index in [2.05, 4.69) is 54.1 Å². The molecule has 3 aromatic rings. The average molecular weight is 558 g/mol. The van der Waals surface area contributed by atoms with Crippen molar-refractivity contribution in [2.24, 2.45) is 4.99 Å². The lowest BCUT2D eigenvalue weighted by Gasteiger charge is -2.26. The molecule has 0 spiro atoms. The summed E-state index contributed by atoms with van der Waals surface area (Å²) in [5, 5.41) is 0. The number of aromatic nitrogens is 1. The van der Waals surface area contributed by atoms with E-state index in [1.165, 1.54) is 16.9 Å². The molecule has 0 amide bonds. The molecular formula is C32H35N3O4S. The first-order valence-electron chi connectivity index (χ1n) is 13.2. The third-order valence-corrected chi connectivity index (χ3v) is 7.84. The molecule has 0 bridgehead atoms. The summed E-state index contributed by atoms with van der Waals surface area (Å²) in [7, 11) is 1.57. The number of hydrogen-bond donors (Lipinski definition) is 0. The Morgan fingerprint density at radius 3 is 2.45 bits per heavy atom. The molecular weight excluding hydrogens is 522 g/mol. The highest BCUT2D eigenvalue weighted by molar-refractivity contribution is 7.07. The van der Waals surface area contributed by atoms with Crippen LogP contribution in [0.2, 0.25) is 0 Å². The predicted molar refractivity (Wildman–Crippen MR) is 161 cm³/mol. The van der Waals surface area contributed by atoms with Gasteiger partial charge in [-0.1, -0.05) is 53.3 Å². The number of carbonyl (C=O) groups excluding carboxylic acids is 1. The van der Waals surface area contributed by atoms with Crippen LogP contribution in [0.25, 0.3) is 6.08 Å². The second kappa shape index (κ2) is 12.3. The van der Waals surface area contributed by atoms with Gasteiger partial charge in [0.05, 0.1) is 29.5 Å². The van der Waals surface area contributed by atoms with Crippen molar-refractivity contribution in [2.45, 2.75) is 47.6 Å². The highest BCUT2D eigenvalue weighted by atomic mass is 32.1. The van der Waals surface area contributed by atoms with E-state index < -0.39 is 12.0 Å². The number of methoxy groups -OCH3 is 1. The van der Waals surface area contributed by atoms with Gasteiger partial charge in [-0.05, 0) is 71.9 Å². The van der Waals surface area contributed by atoms with Gasteiger partial charge < -0.3 is 14.4 Å². The minimum atomic E-state index is -0.729. The molecule has 0 fully saturated rings. The maximum absolute atomic E-state index is 13.9. The van der Waals surface area contributed by atoms with Crippen LogP contribution in [0.5, 0.6) is 5.75 Å². The minimum Gasteiger partial charge on any atom is -0.496 e. The Labute approximate surface area is 238 Å². The zero-order valence-corrected chi connectivity index (χ0v) is 24.8. The first kappa shape index (κ1) is 28.8. The zero-order valence-electron chi connectivity index (χ0n) is 24.0. The number of allylic oxidation sites excluding steroid dienone is 5. The van der Waals surface area contributed by atoms with Gasteiger partial charge in [-0.25, -0.2) is 9.79 Å². The fourth-order valence-electron chi connectivity index (χ4n) is 4.77. The maximum Gasteiger partial charge on any atom is 0.338 e. The van der Waals surface area contributed by atoms with E-state index in [1.54, 1.807) is 25.5 Å². The van der Waals surface area contributed by atoms with Gasteiger partial charge in [0.15, 0.2) is 4.80 Å². The van der Waals surface area contributed by atoms with Crippen LogP contribution in [0.3, 0.4) is 0 Å². The molecule has 8 heteroatoms. The van der Waals surface area contributed by atoms with Crippen molar-refractivity contribution in [3.63, 3.8) is 0 Å².